The SMILES string of the molecule is CS(=O)(=O)n1c(CC2=NCCN2)cc2cc(F)ccc21. The second kappa shape index (κ2) is 4.59. The first kappa shape index (κ1) is 13.1. The van der Waals surface area contributed by atoms with Gasteiger partial charge >= 0.3 is 0 Å². The van der Waals surface area contributed by atoms with Crippen LogP contribution in [0.5, 0.6) is 0 Å². The first-order valence-corrected chi connectivity index (χ1v) is 8.07. The summed E-state index contributed by atoms with van der Waals surface area (Å²) in [6.45, 7) is 1.46. The highest BCUT2D eigenvalue weighted by atomic mass is 32.2. The molecule has 20 heavy (non-hydrogen) atoms. The van der Waals surface area contributed by atoms with Gasteiger partial charge < -0.3 is 5.32 Å². The van der Waals surface area contributed by atoms with E-state index in [1.165, 1.54) is 22.2 Å². The van der Waals surface area contributed by atoms with E-state index >= 15 is 0 Å². The minimum Gasteiger partial charge on any atom is -0.372 e. The molecule has 1 aromatic carbocycles. The van der Waals surface area contributed by atoms with Gasteiger partial charge in [-0.1, -0.05) is 0 Å². The van der Waals surface area contributed by atoms with Crippen molar-refractivity contribution in [3.05, 3.63) is 35.8 Å². The molecule has 0 bridgehead atoms. The minimum atomic E-state index is -3.46. The van der Waals surface area contributed by atoms with Crippen LogP contribution in [0.3, 0.4) is 0 Å². The monoisotopic (exact) mass is 295 g/mol. The van der Waals surface area contributed by atoms with Gasteiger partial charge in [-0.3, -0.25) is 4.99 Å². The highest BCUT2D eigenvalue weighted by molar-refractivity contribution is 7.89. The Morgan fingerprint density at radius 1 is 1.40 bits per heavy atom. The van der Waals surface area contributed by atoms with Gasteiger partial charge in [0, 0.05) is 24.0 Å². The Balaban J connectivity index is 2.19. The molecule has 1 aromatic heterocycles. The zero-order chi connectivity index (χ0) is 14.3. The van der Waals surface area contributed by atoms with Gasteiger partial charge in [-0.05, 0) is 24.3 Å². The largest absolute Gasteiger partial charge is 0.372 e. The van der Waals surface area contributed by atoms with E-state index in [4.69, 9.17) is 0 Å². The molecular formula is C13H14FN3O2S. The predicted molar refractivity (Wildman–Crippen MR) is 76.1 cm³/mol. The fraction of sp³-hybridized carbons (Fsp3) is 0.308. The first-order valence-electron chi connectivity index (χ1n) is 6.23. The van der Waals surface area contributed by atoms with E-state index in [9.17, 15) is 12.8 Å². The second-order valence-corrected chi connectivity index (χ2v) is 6.63. The Hall–Kier alpha value is -1.89. The van der Waals surface area contributed by atoms with Crippen molar-refractivity contribution in [2.75, 3.05) is 19.3 Å². The van der Waals surface area contributed by atoms with E-state index in [-0.39, 0.29) is 5.82 Å². The van der Waals surface area contributed by atoms with Gasteiger partial charge in [0.05, 0.1) is 18.3 Å². The molecule has 0 atom stereocenters. The molecule has 1 aliphatic heterocycles. The lowest BCUT2D eigenvalue weighted by molar-refractivity contribution is 0.593. The smallest absolute Gasteiger partial charge is 0.236 e. The number of hydrogen-bond acceptors (Lipinski definition) is 4. The van der Waals surface area contributed by atoms with E-state index in [1.54, 1.807) is 6.07 Å². The standard InChI is InChI=1S/C13H14FN3O2S/c1-20(18,19)17-11(8-13-15-4-5-16-13)7-9-6-10(14)2-3-12(9)17/h2-3,6-7H,4-5,8H2,1H3,(H,15,16). The molecule has 0 spiro atoms. The normalized spacial score (nSPS) is 15.4. The number of aromatic nitrogens is 1. The van der Waals surface area contributed by atoms with E-state index in [2.05, 4.69) is 10.3 Å². The molecular weight excluding hydrogens is 281 g/mol. The summed E-state index contributed by atoms with van der Waals surface area (Å²) in [7, 11) is -3.46. The van der Waals surface area contributed by atoms with Crippen molar-refractivity contribution in [3.63, 3.8) is 0 Å². The molecule has 5 nitrogen and oxygen atoms in total. The lowest BCUT2D eigenvalue weighted by Crippen LogP contribution is -2.23. The minimum absolute atomic E-state index is 0.383. The third-order valence-corrected chi connectivity index (χ3v) is 4.31. The Labute approximate surface area is 116 Å². The van der Waals surface area contributed by atoms with Crippen LogP contribution in [-0.2, 0) is 16.4 Å². The summed E-state index contributed by atoms with van der Waals surface area (Å²) >= 11 is 0. The second-order valence-electron chi connectivity index (χ2n) is 4.80. The van der Waals surface area contributed by atoms with Gasteiger partial charge in [0.2, 0.25) is 10.0 Å². The molecule has 2 aromatic rings. The molecule has 1 aliphatic rings. The summed E-state index contributed by atoms with van der Waals surface area (Å²) in [6, 6.07) is 5.78. The van der Waals surface area contributed by atoms with Crippen LogP contribution in [0.15, 0.2) is 29.3 Å². The molecule has 1 N–H and O–H groups in total. The van der Waals surface area contributed by atoms with Crippen LogP contribution in [0.4, 0.5) is 4.39 Å². The maximum atomic E-state index is 13.3. The Morgan fingerprint density at radius 2 is 2.20 bits per heavy atom. The van der Waals surface area contributed by atoms with Crippen LogP contribution in [-0.4, -0.2) is 37.6 Å². The van der Waals surface area contributed by atoms with Gasteiger partial charge in [-0.2, -0.15) is 0 Å². The summed E-state index contributed by atoms with van der Waals surface area (Å²) < 4.78 is 38.5. The molecule has 0 unspecified atom stereocenters. The molecule has 2 heterocycles. The zero-order valence-electron chi connectivity index (χ0n) is 10.9. The van der Waals surface area contributed by atoms with Crippen molar-refractivity contribution in [1.82, 2.24) is 9.29 Å². The summed E-state index contributed by atoms with van der Waals surface area (Å²) in [6.07, 6.45) is 1.53. The third kappa shape index (κ3) is 2.29. The molecule has 3 rings (SSSR count). The third-order valence-electron chi connectivity index (χ3n) is 3.22. The summed E-state index contributed by atoms with van der Waals surface area (Å²) in [5.74, 6) is 0.379. The van der Waals surface area contributed by atoms with E-state index in [0.29, 0.717) is 29.6 Å². The van der Waals surface area contributed by atoms with Crippen molar-refractivity contribution in [2.24, 2.45) is 4.99 Å². The maximum Gasteiger partial charge on any atom is 0.236 e. The molecule has 0 aliphatic carbocycles. The maximum absolute atomic E-state index is 13.3. The number of aliphatic imine (C=N–C) groups is 1. The topological polar surface area (TPSA) is 63.5 Å². The van der Waals surface area contributed by atoms with Crippen LogP contribution >= 0.6 is 0 Å². The Kier molecular flexibility index (Phi) is 3.01. The number of nitrogens with zero attached hydrogens (tertiary/aromatic N) is 2. The van der Waals surface area contributed by atoms with Crippen LogP contribution in [0.2, 0.25) is 0 Å². The lowest BCUT2D eigenvalue weighted by Gasteiger charge is -2.08. The van der Waals surface area contributed by atoms with Gasteiger partial charge in [0.25, 0.3) is 0 Å². The van der Waals surface area contributed by atoms with Gasteiger partial charge in [-0.15, -0.1) is 0 Å². The molecule has 0 amide bonds. The van der Waals surface area contributed by atoms with Crippen molar-refractivity contribution in [3.8, 4) is 0 Å². The van der Waals surface area contributed by atoms with Gasteiger partial charge in [0.1, 0.15) is 11.7 Å². The number of hydrogen-bond donors (Lipinski definition) is 1. The molecule has 0 saturated heterocycles. The molecule has 0 fully saturated rings. The Morgan fingerprint density at radius 3 is 2.85 bits per heavy atom. The van der Waals surface area contributed by atoms with Crippen molar-refractivity contribution >= 4 is 26.8 Å². The average molecular weight is 295 g/mol. The summed E-state index contributed by atoms with van der Waals surface area (Å²) in [5, 5.41) is 3.68. The van der Waals surface area contributed by atoms with Gasteiger partial charge in [-0.25, -0.2) is 16.8 Å². The molecule has 106 valence electrons. The fourth-order valence-electron chi connectivity index (χ4n) is 2.47. The van der Waals surface area contributed by atoms with Gasteiger partial charge in [0.15, 0.2) is 0 Å². The lowest BCUT2D eigenvalue weighted by atomic mass is 10.2. The highest BCUT2D eigenvalue weighted by Gasteiger charge is 2.19. The number of amidine groups is 1. The van der Waals surface area contributed by atoms with Crippen molar-refractivity contribution < 1.29 is 12.8 Å². The van der Waals surface area contributed by atoms with Crippen LogP contribution in [0.1, 0.15) is 5.69 Å². The van der Waals surface area contributed by atoms with Crippen LogP contribution in [0.25, 0.3) is 10.9 Å². The first-order chi connectivity index (χ1) is 9.45. The Bertz CT molecular complexity index is 808. The summed E-state index contributed by atoms with van der Waals surface area (Å²) in [4.78, 5) is 4.27. The van der Waals surface area contributed by atoms with Crippen molar-refractivity contribution in [2.45, 2.75) is 6.42 Å². The zero-order valence-corrected chi connectivity index (χ0v) is 11.7. The number of rotatable bonds is 3. The number of benzene rings is 1. The van der Waals surface area contributed by atoms with E-state index in [1.807, 2.05) is 0 Å². The quantitative estimate of drug-likeness (QED) is 0.923. The van der Waals surface area contributed by atoms with E-state index in [0.717, 1.165) is 18.6 Å². The van der Waals surface area contributed by atoms with Crippen molar-refractivity contribution in [1.29, 1.82) is 0 Å². The molecule has 0 radical (unpaired) electrons. The predicted octanol–water partition coefficient (Wildman–Crippen LogP) is 1.13. The number of fused-ring (bicyclic) bond motifs is 1. The summed E-state index contributed by atoms with van der Waals surface area (Å²) in [5.41, 5.74) is 1.07. The number of halogens is 1. The average Bonchev–Trinajstić information content (AvgIpc) is 2.94. The van der Waals surface area contributed by atoms with E-state index < -0.39 is 10.0 Å². The highest BCUT2D eigenvalue weighted by Crippen LogP contribution is 2.23. The van der Waals surface area contributed by atoms with Crippen LogP contribution in [0, 0.1) is 5.82 Å². The van der Waals surface area contributed by atoms with Crippen LogP contribution < -0.4 is 5.32 Å². The molecule has 0 saturated carbocycles. The number of nitrogens with one attached hydrogen (secondary N) is 1. The fourth-order valence-corrected chi connectivity index (χ4v) is 3.54. The molecule has 7 heteroatoms.